The lowest BCUT2D eigenvalue weighted by atomic mass is 10.0. The third kappa shape index (κ3) is 2.80. The molecule has 0 amide bonds. The number of aryl methyl sites for hydroxylation is 1. The van der Waals surface area contributed by atoms with Crippen molar-refractivity contribution in [3.8, 4) is 0 Å². The average Bonchev–Trinajstić information content (AvgIpc) is 2.25. The Hall–Kier alpha value is -0.390. The van der Waals surface area contributed by atoms with E-state index in [1.165, 1.54) is 16.4 Å². The van der Waals surface area contributed by atoms with E-state index in [2.05, 4.69) is 32.0 Å². The van der Waals surface area contributed by atoms with Crippen LogP contribution in [0.5, 0.6) is 0 Å². The third-order valence-electron chi connectivity index (χ3n) is 2.33. The van der Waals surface area contributed by atoms with E-state index in [1.54, 1.807) is 0 Å². The number of rotatable bonds is 5. The summed E-state index contributed by atoms with van der Waals surface area (Å²) in [6.07, 6.45) is 2.23. The Labute approximate surface area is 88.7 Å². The Kier molecular flexibility index (Phi) is 5.14. The highest BCUT2D eigenvalue weighted by molar-refractivity contribution is 7.42. The summed E-state index contributed by atoms with van der Waals surface area (Å²) in [5.41, 5.74) is 2.96. The minimum Gasteiger partial charge on any atom is -0.358 e. The Morgan fingerprint density at radius 1 is 1.14 bits per heavy atom. The van der Waals surface area contributed by atoms with E-state index in [9.17, 15) is 0 Å². The van der Waals surface area contributed by atoms with E-state index in [1.807, 2.05) is 6.92 Å². The minimum atomic E-state index is 0.510. The van der Waals surface area contributed by atoms with Gasteiger partial charge in [-0.25, -0.2) is 0 Å². The predicted molar refractivity (Wildman–Crippen MR) is 64.8 cm³/mol. The maximum absolute atomic E-state index is 5.49. The zero-order chi connectivity index (χ0) is 10.4. The second kappa shape index (κ2) is 6.16. The normalized spacial score (nSPS) is 11.4. The lowest BCUT2D eigenvalue weighted by Gasteiger charge is -2.11. The zero-order valence-corrected chi connectivity index (χ0v) is 10.3. The monoisotopic (exact) mass is 210 g/mol. The molecule has 0 saturated carbocycles. The van der Waals surface area contributed by atoms with Crippen molar-refractivity contribution in [2.24, 2.45) is 0 Å². The van der Waals surface area contributed by atoms with Gasteiger partial charge < -0.3 is 4.52 Å². The molecule has 78 valence electrons. The molecule has 0 N–H and O–H groups in total. The van der Waals surface area contributed by atoms with Gasteiger partial charge in [0.05, 0.1) is 0 Å². The van der Waals surface area contributed by atoms with Crippen molar-refractivity contribution in [3.05, 3.63) is 29.3 Å². The summed E-state index contributed by atoms with van der Waals surface area (Å²) >= 11 is 0. The highest BCUT2D eigenvalue weighted by Gasteiger charge is 2.04. The van der Waals surface area contributed by atoms with Gasteiger partial charge in [-0.2, -0.15) is 0 Å². The Bertz CT molecular complexity index is 284. The largest absolute Gasteiger partial charge is 0.358 e. The maximum Gasteiger partial charge on any atom is 0.0481 e. The van der Waals surface area contributed by atoms with E-state index in [0.29, 0.717) is 8.81 Å². The van der Waals surface area contributed by atoms with Gasteiger partial charge in [0, 0.05) is 20.7 Å². The summed E-state index contributed by atoms with van der Waals surface area (Å²) < 4.78 is 5.49. The minimum absolute atomic E-state index is 0.510. The molecule has 1 rings (SSSR count). The third-order valence-corrected chi connectivity index (χ3v) is 3.46. The van der Waals surface area contributed by atoms with Gasteiger partial charge in [0.15, 0.2) is 0 Å². The molecule has 0 fully saturated rings. The van der Waals surface area contributed by atoms with Crippen molar-refractivity contribution in [3.63, 3.8) is 0 Å². The van der Waals surface area contributed by atoms with Crippen LogP contribution in [0.2, 0.25) is 0 Å². The van der Waals surface area contributed by atoms with Gasteiger partial charge >= 0.3 is 0 Å². The molecule has 0 aromatic heterocycles. The van der Waals surface area contributed by atoms with E-state index in [0.717, 1.165) is 19.4 Å². The van der Waals surface area contributed by atoms with Crippen molar-refractivity contribution >= 4 is 14.1 Å². The van der Waals surface area contributed by atoms with Crippen LogP contribution in [0.4, 0.5) is 0 Å². The molecule has 2 heteroatoms. The molecular weight excluding hydrogens is 191 g/mol. The molecule has 0 spiro atoms. The molecule has 0 aliphatic rings. The average molecular weight is 210 g/mol. The summed E-state index contributed by atoms with van der Waals surface area (Å²) in [7, 11) is 0.510. The van der Waals surface area contributed by atoms with Crippen LogP contribution in [-0.2, 0) is 17.4 Å². The lowest BCUT2D eigenvalue weighted by Crippen LogP contribution is -2.07. The SMILES string of the molecule is CCOPc1cccc(CC)c1CC. The first-order chi connectivity index (χ1) is 6.83. The van der Waals surface area contributed by atoms with E-state index >= 15 is 0 Å². The molecule has 0 aliphatic heterocycles. The molecule has 1 aromatic rings. The second-order valence-electron chi connectivity index (χ2n) is 3.19. The number of hydrogen-bond donors (Lipinski definition) is 0. The smallest absolute Gasteiger partial charge is 0.0481 e. The van der Waals surface area contributed by atoms with Gasteiger partial charge in [0.2, 0.25) is 0 Å². The number of benzene rings is 1. The van der Waals surface area contributed by atoms with Gasteiger partial charge in [-0.05, 0) is 30.9 Å². The maximum atomic E-state index is 5.49. The molecule has 0 heterocycles. The second-order valence-corrected chi connectivity index (χ2v) is 4.22. The fraction of sp³-hybridized carbons (Fsp3) is 0.500. The Balaban J connectivity index is 2.90. The first kappa shape index (κ1) is 11.7. The van der Waals surface area contributed by atoms with Gasteiger partial charge in [0.25, 0.3) is 0 Å². The lowest BCUT2D eigenvalue weighted by molar-refractivity contribution is 0.394. The molecule has 14 heavy (non-hydrogen) atoms. The van der Waals surface area contributed by atoms with Crippen LogP contribution < -0.4 is 5.30 Å². The number of hydrogen-bond acceptors (Lipinski definition) is 1. The molecule has 0 saturated heterocycles. The van der Waals surface area contributed by atoms with Crippen molar-refractivity contribution < 1.29 is 4.52 Å². The van der Waals surface area contributed by atoms with Crippen molar-refractivity contribution in [2.45, 2.75) is 33.6 Å². The molecule has 0 radical (unpaired) electrons. The van der Waals surface area contributed by atoms with Crippen LogP contribution in [0.15, 0.2) is 18.2 Å². The zero-order valence-electron chi connectivity index (χ0n) is 9.26. The molecule has 1 unspecified atom stereocenters. The first-order valence-electron chi connectivity index (χ1n) is 5.32. The Morgan fingerprint density at radius 2 is 1.93 bits per heavy atom. The van der Waals surface area contributed by atoms with Gasteiger partial charge in [0.1, 0.15) is 0 Å². The molecule has 0 bridgehead atoms. The van der Waals surface area contributed by atoms with Crippen molar-refractivity contribution in [1.82, 2.24) is 0 Å². The van der Waals surface area contributed by atoms with Gasteiger partial charge in [-0.15, -0.1) is 0 Å². The molecular formula is C12H19OP. The predicted octanol–water partition coefficient (Wildman–Crippen LogP) is 3.07. The van der Waals surface area contributed by atoms with Gasteiger partial charge in [-0.3, -0.25) is 0 Å². The topological polar surface area (TPSA) is 9.23 Å². The van der Waals surface area contributed by atoms with E-state index in [4.69, 9.17) is 4.52 Å². The quantitative estimate of drug-likeness (QED) is 0.679. The van der Waals surface area contributed by atoms with Crippen LogP contribution in [0.25, 0.3) is 0 Å². The highest BCUT2D eigenvalue weighted by Crippen LogP contribution is 2.18. The standard InChI is InChI=1S/C12H19OP/c1-4-10-8-7-9-12(11(10)5-2)14-13-6-3/h7-9,14H,4-6H2,1-3H3. The molecule has 1 atom stereocenters. The van der Waals surface area contributed by atoms with Crippen molar-refractivity contribution in [1.29, 1.82) is 0 Å². The summed E-state index contributed by atoms with van der Waals surface area (Å²) in [6, 6.07) is 6.55. The summed E-state index contributed by atoms with van der Waals surface area (Å²) in [6.45, 7) is 7.27. The van der Waals surface area contributed by atoms with Crippen LogP contribution in [0, 0.1) is 0 Å². The summed E-state index contributed by atoms with van der Waals surface area (Å²) in [5, 5.41) is 1.38. The van der Waals surface area contributed by atoms with E-state index in [-0.39, 0.29) is 0 Å². The van der Waals surface area contributed by atoms with Crippen LogP contribution in [0.1, 0.15) is 31.9 Å². The van der Waals surface area contributed by atoms with Crippen molar-refractivity contribution in [2.75, 3.05) is 6.61 Å². The highest BCUT2D eigenvalue weighted by atomic mass is 31.1. The summed E-state index contributed by atoms with van der Waals surface area (Å²) in [4.78, 5) is 0. The first-order valence-corrected chi connectivity index (χ1v) is 6.22. The molecule has 1 nitrogen and oxygen atoms in total. The molecule has 0 aliphatic carbocycles. The fourth-order valence-electron chi connectivity index (χ4n) is 1.63. The Morgan fingerprint density at radius 3 is 2.50 bits per heavy atom. The van der Waals surface area contributed by atoms with Crippen LogP contribution >= 0.6 is 8.81 Å². The van der Waals surface area contributed by atoms with Gasteiger partial charge in [-0.1, -0.05) is 32.0 Å². The fourth-order valence-corrected chi connectivity index (χ4v) is 2.55. The molecule has 1 aromatic carbocycles. The van der Waals surface area contributed by atoms with E-state index < -0.39 is 0 Å². The van der Waals surface area contributed by atoms with Crippen LogP contribution in [0.3, 0.4) is 0 Å². The summed E-state index contributed by atoms with van der Waals surface area (Å²) in [5.74, 6) is 0. The van der Waals surface area contributed by atoms with Crippen LogP contribution in [-0.4, -0.2) is 6.61 Å².